The second-order valence-corrected chi connectivity index (χ2v) is 5.35. The van der Waals surface area contributed by atoms with Gasteiger partial charge in [0.25, 0.3) is 0 Å². The number of hydrogen-bond donors (Lipinski definition) is 1. The van der Waals surface area contributed by atoms with Crippen molar-refractivity contribution < 1.29 is 4.74 Å². The van der Waals surface area contributed by atoms with Crippen molar-refractivity contribution in [3.05, 3.63) is 33.8 Å². The third kappa shape index (κ3) is 3.59. The molecule has 0 aliphatic carbocycles. The number of nitrogens with one attached hydrogen (secondary N) is 1. The Morgan fingerprint density at radius 2 is 2.24 bits per heavy atom. The zero-order chi connectivity index (χ0) is 12.3. The monoisotopic (exact) mass is 273 g/mol. The first-order chi connectivity index (χ1) is 8.16. The van der Waals surface area contributed by atoms with Crippen LogP contribution in [0, 0.1) is 5.92 Å². The van der Waals surface area contributed by atoms with Crippen LogP contribution in [-0.2, 0) is 4.74 Å². The normalized spacial score (nSPS) is 21.7. The predicted molar refractivity (Wildman–Crippen MR) is 71.8 cm³/mol. The molecule has 1 fully saturated rings. The van der Waals surface area contributed by atoms with Gasteiger partial charge in [0.2, 0.25) is 0 Å². The summed E-state index contributed by atoms with van der Waals surface area (Å²) in [6.45, 7) is 4.89. The Labute approximate surface area is 112 Å². The van der Waals surface area contributed by atoms with E-state index in [1.165, 1.54) is 5.56 Å². The number of ether oxygens (including phenoxy) is 1. The van der Waals surface area contributed by atoms with Gasteiger partial charge in [0.1, 0.15) is 0 Å². The van der Waals surface area contributed by atoms with Crippen LogP contribution in [0.4, 0.5) is 0 Å². The molecule has 1 aromatic rings. The first kappa shape index (κ1) is 13.2. The van der Waals surface area contributed by atoms with Gasteiger partial charge < -0.3 is 10.1 Å². The molecule has 0 saturated carbocycles. The van der Waals surface area contributed by atoms with Crippen molar-refractivity contribution in [3.8, 4) is 0 Å². The van der Waals surface area contributed by atoms with Crippen LogP contribution in [0.15, 0.2) is 18.2 Å². The third-order valence-electron chi connectivity index (χ3n) is 3.18. The number of benzene rings is 1. The molecular weight excluding hydrogens is 257 g/mol. The fraction of sp³-hybridized carbons (Fsp3) is 0.538. The van der Waals surface area contributed by atoms with Crippen LogP contribution >= 0.6 is 23.2 Å². The SMILES string of the molecule is CC(NCC1CCOC1)c1ccc(Cl)c(Cl)c1. The molecular formula is C13H17Cl2NO. The van der Waals surface area contributed by atoms with Crippen LogP contribution in [0.3, 0.4) is 0 Å². The van der Waals surface area contributed by atoms with Gasteiger partial charge >= 0.3 is 0 Å². The van der Waals surface area contributed by atoms with Crippen LogP contribution in [0.25, 0.3) is 0 Å². The van der Waals surface area contributed by atoms with Gasteiger partial charge in [-0.1, -0.05) is 29.3 Å². The maximum Gasteiger partial charge on any atom is 0.0595 e. The van der Waals surface area contributed by atoms with Crippen molar-refractivity contribution in [1.29, 1.82) is 0 Å². The van der Waals surface area contributed by atoms with Crippen LogP contribution in [-0.4, -0.2) is 19.8 Å². The minimum absolute atomic E-state index is 0.283. The summed E-state index contributed by atoms with van der Waals surface area (Å²) >= 11 is 11.9. The molecule has 17 heavy (non-hydrogen) atoms. The summed E-state index contributed by atoms with van der Waals surface area (Å²) in [5.74, 6) is 0.639. The van der Waals surface area contributed by atoms with Crippen LogP contribution < -0.4 is 5.32 Å². The van der Waals surface area contributed by atoms with Crippen molar-refractivity contribution in [2.75, 3.05) is 19.8 Å². The van der Waals surface area contributed by atoms with Gasteiger partial charge in [-0.3, -0.25) is 0 Å². The lowest BCUT2D eigenvalue weighted by molar-refractivity contribution is 0.184. The molecule has 4 heteroatoms. The average molecular weight is 274 g/mol. The van der Waals surface area contributed by atoms with Gasteiger partial charge in [0.05, 0.1) is 16.7 Å². The van der Waals surface area contributed by atoms with E-state index in [0.29, 0.717) is 16.0 Å². The fourth-order valence-electron chi connectivity index (χ4n) is 1.99. The quantitative estimate of drug-likeness (QED) is 0.904. The summed E-state index contributed by atoms with van der Waals surface area (Å²) < 4.78 is 5.35. The largest absolute Gasteiger partial charge is 0.381 e. The molecule has 0 spiro atoms. The van der Waals surface area contributed by atoms with E-state index in [-0.39, 0.29) is 6.04 Å². The zero-order valence-corrected chi connectivity index (χ0v) is 11.4. The minimum Gasteiger partial charge on any atom is -0.381 e. The summed E-state index contributed by atoms with van der Waals surface area (Å²) in [5.41, 5.74) is 1.17. The highest BCUT2D eigenvalue weighted by atomic mass is 35.5. The van der Waals surface area contributed by atoms with E-state index in [2.05, 4.69) is 12.2 Å². The van der Waals surface area contributed by atoms with E-state index >= 15 is 0 Å². The predicted octanol–water partition coefficient (Wildman–Crippen LogP) is 3.68. The highest BCUT2D eigenvalue weighted by Crippen LogP contribution is 2.25. The topological polar surface area (TPSA) is 21.3 Å². The second kappa shape index (κ2) is 6.05. The van der Waals surface area contributed by atoms with Gasteiger partial charge in [-0.25, -0.2) is 0 Å². The van der Waals surface area contributed by atoms with Crippen LogP contribution in [0.2, 0.25) is 10.0 Å². The van der Waals surface area contributed by atoms with Gasteiger partial charge in [0.15, 0.2) is 0 Å². The maximum absolute atomic E-state index is 6.01. The van der Waals surface area contributed by atoms with E-state index < -0.39 is 0 Å². The van der Waals surface area contributed by atoms with E-state index in [4.69, 9.17) is 27.9 Å². The molecule has 1 aliphatic heterocycles. The molecule has 0 bridgehead atoms. The molecule has 0 radical (unpaired) electrons. The Balaban J connectivity index is 1.89. The van der Waals surface area contributed by atoms with E-state index in [1.54, 1.807) is 0 Å². The number of hydrogen-bond acceptors (Lipinski definition) is 2. The van der Waals surface area contributed by atoms with Crippen LogP contribution in [0.1, 0.15) is 24.9 Å². The second-order valence-electron chi connectivity index (χ2n) is 4.53. The van der Waals surface area contributed by atoms with Gasteiger partial charge in [0, 0.05) is 19.2 Å². The average Bonchev–Trinajstić information content (AvgIpc) is 2.82. The lowest BCUT2D eigenvalue weighted by atomic mass is 10.1. The van der Waals surface area contributed by atoms with Crippen LogP contribution in [0.5, 0.6) is 0 Å². The highest BCUT2D eigenvalue weighted by Gasteiger charge is 2.16. The van der Waals surface area contributed by atoms with Crippen molar-refractivity contribution in [2.24, 2.45) is 5.92 Å². The van der Waals surface area contributed by atoms with Gasteiger partial charge in [-0.2, -0.15) is 0 Å². The van der Waals surface area contributed by atoms with Crippen molar-refractivity contribution in [2.45, 2.75) is 19.4 Å². The third-order valence-corrected chi connectivity index (χ3v) is 3.92. The molecule has 2 unspecified atom stereocenters. The molecule has 2 atom stereocenters. The standard InChI is InChI=1S/C13H17Cl2NO/c1-9(16-7-10-4-5-17-8-10)11-2-3-12(14)13(15)6-11/h2-3,6,9-10,16H,4-5,7-8H2,1H3. The molecule has 1 saturated heterocycles. The van der Waals surface area contributed by atoms with E-state index in [9.17, 15) is 0 Å². The molecule has 0 aromatic heterocycles. The molecule has 2 rings (SSSR count). The lowest BCUT2D eigenvalue weighted by Gasteiger charge is -2.17. The Morgan fingerprint density at radius 1 is 1.41 bits per heavy atom. The maximum atomic E-state index is 6.01. The van der Waals surface area contributed by atoms with E-state index in [0.717, 1.165) is 26.2 Å². The highest BCUT2D eigenvalue weighted by molar-refractivity contribution is 6.42. The molecule has 1 N–H and O–H groups in total. The Morgan fingerprint density at radius 3 is 2.88 bits per heavy atom. The zero-order valence-electron chi connectivity index (χ0n) is 9.88. The first-order valence-electron chi connectivity index (χ1n) is 5.93. The summed E-state index contributed by atoms with van der Waals surface area (Å²) in [6.07, 6.45) is 1.15. The Hall–Kier alpha value is -0.280. The van der Waals surface area contributed by atoms with Gasteiger partial charge in [-0.05, 0) is 37.0 Å². The smallest absolute Gasteiger partial charge is 0.0595 e. The molecule has 2 nitrogen and oxygen atoms in total. The lowest BCUT2D eigenvalue weighted by Crippen LogP contribution is -2.25. The first-order valence-corrected chi connectivity index (χ1v) is 6.68. The summed E-state index contributed by atoms with van der Waals surface area (Å²) in [7, 11) is 0. The number of rotatable bonds is 4. The van der Waals surface area contributed by atoms with E-state index in [1.807, 2.05) is 18.2 Å². The van der Waals surface area contributed by atoms with Crippen molar-refractivity contribution in [1.82, 2.24) is 5.32 Å². The Kier molecular flexibility index (Phi) is 4.69. The molecule has 1 aliphatic rings. The summed E-state index contributed by atoms with van der Waals surface area (Å²) in [5, 5.41) is 4.72. The molecule has 0 amide bonds. The molecule has 94 valence electrons. The number of halogens is 2. The van der Waals surface area contributed by atoms with Crippen molar-refractivity contribution in [3.63, 3.8) is 0 Å². The molecule has 1 aromatic carbocycles. The minimum atomic E-state index is 0.283. The summed E-state index contributed by atoms with van der Waals surface area (Å²) in [6, 6.07) is 6.06. The van der Waals surface area contributed by atoms with Crippen molar-refractivity contribution >= 4 is 23.2 Å². The van der Waals surface area contributed by atoms with Gasteiger partial charge in [-0.15, -0.1) is 0 Å². The summed E-state index contributed by atoms with van der Waals surface area (Å²) in [4.78, 5) is 0. The molecule has 1 heterocycles. The Bertz CT molecular complexity index is 378. The fourth-order valence-corrected chi connectivity index (χ4v) is 2.29.